The molecule has 0 amide bonds. The van der Waals surface area contributed by atoms with E-state index >= 15 is 0 Å². The van der Waals surface area contributed by atoms with E-state index in [2.05, 4.69) is 5.32 Å². The lowest BCUT2D eigenvalue weighted by Gasteiger charge is -2.25. The minimum absolute atomic E-state index is 0.0231. The van der Waals surface area contributed by atoms with Gasteiger partial charge in [-0.2, -0.15) is 0 Å². The predicted molar refractivity (Wildman–Crippen MR) is 77.5 cm³/mol. The third-order valence-corrected chi connectivity index (χ3v) is 2.73. The molecule has 0 aliphatic carbocycles. The summed E-state index contributed by atoms with van der Waals surface area (Å²) in [6.07, 6.45) is -5.87. The first kappa shape index (κ1) is 23.9. The summed E-state index contributed by atoms with van der Waals surface area (Å²) < 4.78 is 0. The molecule has 0 heterocycles. The van der Waals surface area contributed by atoms with Gasteiger partial charge < -0.3 is 46.8 Å². The van der Waals surface area contributed by atoms with E-state index in [1.165, 1.54) is 0 Å². The quantitative estimate of drug-likeness (QED) is 0.186. The summed E-state index contributed by atoms with van der Waals surface area (Å²) in [5.41, 5.74) is 5.00. The maximum Gasteiger partial charge on any atom is 0.320 e. The number of nitrogens with one attached hydrogen (secondary N) is 1. The van der Waals surface area contributed by atoms with Crippen molar-refractivity contribution < 1.29 is 45.3 Å². The van der Waals surface area contributed by atoms with Crippen LogP contribution < -0.4 is 11.1 Å². The predicted octanol–water partition coefficient (Wildman–Crippen LogP) is -4.10. The molecule has 0 aromatic heterocycles. The standard InChI is InChI=1S/C7H17NO5.C5H9NO4/c1-8-2-4(10)6(12)7(13)5(11)3-9;6-3(5(9)10)1-2-4(7)8/h4-13H,2-3H2,1H3;3H,1-2,6H2,(H,7,8)(H,9,10). The van der Waals surface area contributed by atoms with Crippen LogP contribution >= 0.6 is 0 Å². The number of hydrogen-bond donors (Lipinski definition) is 9. The Morgan fingerprint density at radius 1 is 1.04 bits per heavy atom. The monoisotopic (exact) mass is 342 g/mol. The molecule has 10 N–H and O–H groups in total. The number of aliphatic carboxylic acids is 2. The average Bonchev–Trinajstić information content (AvgIpc) is 2.50. The van der Waals surface area contributed by atoms with Gasteiger partial charge in [-0.15, -0.1) is 0 Å². The molecule has 0 saturated heterocycles. The zero-order valence-electron chi connectivity index (χ0n) is 12.7. The molecular weight excluding hydrogens is 316 g/mol. The molecule has 5 atom stereocenters. The van der Waals surface area contributed by atoms with Crippen LogP contribution in [0.4, 0.5) is 0 Å². The largest absolute Gasteiger partial charge is 0.481 e. The lowest BCUT2D eigenvalue weighted by Crippen LogP contribution is -2.48. The molecule has 0 aliphatic rings. The van der Waals surface area contributed by atoms with Gasteiger partial charge in [0.25, 0.3) is 0 Å². The molecule has 0 aromatic carbocycles. The van der Waals surface area contributed by atoms with Crippen molar-refractivity contribution in [2.45, 2.75) is 43.3 Å². The Hall–Kier alpha value is -1.34. The smallest absolute Gasteiger partial charge is 0.320 e. The molecule has 5 unspecified atom stereocenters. The molecule has 0 aromatic rings. The number of carboxylic acids is 2. The summed E-state index contributed by atoms with van der Waals surface area (Å²) >= 11 is 0. The van der Waals surface area contributed by atoms with Crippen molar-refractivity contribution in [3.8, 4) is 0 Å². The first-order valence-corrected chi connectivity index (χ1v) is 6.76. The Morgan fingerprint density at radius 2 is 1.52 bits per heavy atom. The van der Waals surface area contributed by atoms with E-state index in [-0.39, 0.29) is 19.4 Å². The SMILES string of the molecule is CNCC(O)C(O)C(O)C(O)CO.NC(CCC(=O)O)C(=O)O. The van der Waals surface area contributed by atoms with Crippen molar-refractivity contribution in [2.24, 2.45) is 5.73 Å². The second kappa shape index (κ2) is 13.1. The van der Waals surface area contributed by atoms with Crippen LogP contribution in [0.15, 0.2) is 0 Å². The molecule has 138 valence electrons. The highest BCUT2D eigenvalue weighted by Crippen LogP contribution is 2.04. The van der Waals surface area contributed by atoms with Crippen LogP contribution in [0.2, 0.25) is 0 Å². The minimum atomic E-state index is -1.55. The maximum atomic E-state index is 9.99. The van der Waals surface area contributed by atoms with Gasteiger partial charge in [0.15, 0.2) is 0 Å². The van der Waals surface area contributed by atoms with Crippen molar-refractivity contribution in [3.63, 3.8) is 0 Å². The third-order valence-electron chi connectivity index (χ3n) is 2.73. The molecule has 0 aliphatic heterocycles. The highest BCUT2D eigenvalue weighted by Gasteiger charge is 2.29. The van der Waals surface area contributed by atoms with E-state index in [9.17, 15) is 14.7 Å². The fourth-order valence-electron chi connectivity index (χ4n) is 1.30. The Kier molecular flexibility index (Phi) is 13.7. The van der Waals surface area contributed by atoms with Crippen LogP contribution in [0.5, 0.6) is 0 Å². The van der Waals surface area contributed by atoms with Crippen LogP contribution in [0, 0.1) is 0 Å². The lowest BCUT2D eigenvalue weighted by molar-refractivity contribution is -0.139. The molecule has 11 nitrogen and oxygen atoms in total. The summed E-state index contributed by atoms with van der Waals surface area (Å²) in [6, 6.07) is -1.06. The molecular formula is C12H26N2O9. The van der Waals surface area contributed by atoms with Crippen molar-refractivity contribution in [1.29, 1.82) is 0 Å². The van der Waals surface area contributed by atoms with Gasteiger partial charge in [-0.25, -0.2) is 0 Å². The van der Waals surface area contributed by atoms with Gasteiger partial charge in [0.05, 0.1) is 12.7 Å². The van der Waals surface area contributed by atoms with E-state index in [1.807, 2.05) is 0 Å². The van der Waals surface area contributed by atoms with Crippen molar-refractivity contribution in [3.05, 3.63) is 0 Å². The fraction of sp³-hybridized carbons (Fsp3) is 0.833. The first-order valence-electron chi connectivity index (χ1n) is 6.76. The fourth-order valence-corrected chi connectivity index (χ4v) is 1.30. The number of rotatable bonds is 10. The molecule has 0 rings (SSSR count). The van der Waals surface area contributed by atoms with Gasteiger partial charge >= 0.3 is 11.9 Å². The zero-order chi connectivity index (χ0) is 18.6. The molecule has 0 radical (unpaired) electrons. The van der Waals surface area contributed by atoms with Crippen LogP contribution in [0.25, 0.3) is 0 Å². The van der Waals surface area contributed by atoms with Gasteiger partial charge in [-0.3, -0.25) is 9.59 Å². The maximum absolute atomic E-state index is 9.99. The second-order valence-corrected chi connectivity index (χ2v) is 4.73. The number of nitrogens with two attached hydrogens (primary N) is 1. The van der Waals surface area contributed by atoms with Crippen LogP contribution in [-0.2, 0) is 9.59 Å². The Labute approximate surface area is 133 Å². The van der Waals surface area contributed by atoms with Crippen LogP contribution in [0.3, 0.4) is 0 Å². The van der Waals surface area contributed by atoms with Gasteiger partial charge in [0, 0.05) is 13.0 Å². The number of carbonyl (C=O) groups is 2. The summed E-state index contributed by atoms with van der Waals surface area (Å²) in [5, 5.41) is 63.7. The number of likely N-dealkylation sites (N-methyl/N-ethyl adjacent to an activating group) is 1. The zero-order valence-corrected chi connectivity index (χ0v) is 12.7. The Balaban J connectivity index is 0. The highest BCUT2D eigenvalue weighted by molar-refractivity contribution is 5.74. The number of carboxylic acid groups (broad SMARTS) is 2. The van der Waals surface area contributed by atoms with Crippen molar-refractivity contribution in [2.75, 3.05) is 20.2 Å². The summed E-state index contributed by atoms with van der Waals surface area (Å²) in [6.45, 7) is -0.569. The summed E-state index contributed by atoms with van der Waals surface area (Å²) in [7, 11) is 1.57. The van der Waals surface area contributed by atoms with Crippen molar-refractivity contribution in [1.82, 2.24) is 5.32 Å². The van der Waals surface area contributed by atoms with E-state index in [0.29, 0.717) is 0 Å². The summed E-state index contributed by atoms with van der Waals surface area (Å²) in [4.78, 5) is 19.9. The molecule has 0 fully saturated rings. The van der Waals surface area contributed by atoms with Gasteiger partial charge in [0.1, 0.15) is 24.4 Å². The first-order chi connectivity index (χ1) is 10.6. The summed E-state index contributed by atoms with van der Waals surface area (Å²) in [5.74, 6) is -2.20. The number of hydrogen-bond acceptors (Lipinski definition) is 9. The molecule has 23 heavy (non-hydrogen) atoms. The number of aliphatic hydroxyl groups excluding tert-OH is 5. The van der Waals surface area contributed by atoms with Gasteiger partial charge in [-0.05, 0) is 13.5 Å². The molecule has 0 spiro atoms. The lowest BCUT2D eigenvalue weighted by atomic mass is 10.0. The Morgan fingerprint density at radius 3 is 1.87 bits per heavy atom. The van der Waals surface area contributed by atoms with E-state index in [4.69, 9.17) is 36.4 Å². The van der Waals surface area contributed by atoms with Gasteiger partial charge in [-0.1, -0.05) is 0 Å². The molecule has 11 heteroatoms. The van der Waals surface area contributed by atoms with Crippen LogP contribution in [-0.4, -0.2) is 98.3 Å². The van der Waals surface area contributed by atoms with E-state index in [1.54, 1.807) is 7.05 Å². The number of aliphatic hydroxyl groups is 5. The van der Waals surface area contributed by atoms with E-state index < -0.39 is 49.0 Å². The minimum Gasteiger partial charge on any atom is -0.481 e. The normalized spacial score (nSPS) is 17.2. The molecule has 0 bridgehead atoms. The Bertz CT molecular complexity index is 342. The van der Waals surface area contributed by atoms with Crippen molar-refractivity contribution >= 4 is 11.9 Å². The van der Waals surface area contributed by atoms with E-state index in [0.717, 1.165) is 0 Å². The topological polar surface area (TPSA) is 214 Å². The third kappa shape index (κ3) is 11.8. The van der Waals surface area contributed by atoms with Gasteiger partial charge in [0.2, 0.25) is 0 Å². The second-order valence-electron chi connectivity index (χ2n) is 4.73. The average molecular weight is 342 g/mol. The van der Waals surface area contributed by atoms with Crippen LogP contribution in [0.1, 0.15) is 12.8 Å². The molecule has 0 saturated carbocycles. The highest BCUT2D eigenvalue weighted by atomic mass is 16.4.